The van der Waals surface area contributed by atoms with E-state index in [0.717, 1.165) is 22.4 Å². The van der Waals surface area contributed by atoms with Crippen LogP contribution in [0.25, 0.3) is 33.5 Å². The summed E-state index contributed by atoms with van der Waals surface area (Å²) in [5.41, 5.74) is 7.53. The second-order valence-electron chi connectivity index (χ2n) is 7.53. The quantitative estimate of drug-likeness (QED) is 0.151. The largest absolute Gasteiger partial charge is 0.358 e. The molecule has 0 fully saturated rings. The van der Waals surface area contributed by atoms with E-state index in [1.165, 1.54) is 11.1 Å². The Balaban J connectivity index is 0.00000162. The van der Waals surface area contributed by atoms with Gasteiger partial charge in [0.1, 0.15) is 0 Å². The molecule has 1 aromatic heterocycles. The Hall–Kier alpha value is -3.65. The van der Waals surface area contributed by atoms with Crippen LogP contribution in [-0.4, -0.2) is 10.8 Å². The third-order valence-electron chi connectivity index (χ3n) is 5.46. The zero-order valence-electron chi connectivity index (χ0n) is 18.7. The van der Waals surface area contributed by atoms with Gasteiger partial charge < -0.3 is 12.4 Å². The van der Waals surface area contributed by atoms with Crippen LogP contribution in [0.1, 0.15) is 15.9 Å². The van der Waals surface area contributed by atoms with Crippen LogP contribution in [0.3, 0.4) is 0 Å². The number of pyridine rings is 1. The molecule has 0 saturated heterocycles. The van der Waals surface area contributed by atoms with E-state index >= 15 is 0 Å². The van der Waals surface area contributed by atoms with Crippen LogP contribution < -0.4 is 0 Å². The number of benzene rings is 4. The first-order valence-electron chi connectivity index (χ1n) is 10.5. The minimum Gasteiger partial charge on any atom is -0.358 e. The third kappa shape index (κ3) is 5.28. The average Bonchev–Trinajstić information content (AvgIpc) is 2.89. The average molecular weight is 618 g/mol. The fourth-order valence-electron chi connectivity index (χ4n) is 3.83. The van der Waals surface area contributed by atoms with Gasteiger partial charge in [0.25, 0.3) is 0 Å². The van der Waals surface area contributed by atoms with Crippen molar-refractivity contribution >= 4 is 5.78 Å². The molecule has 0 atom stereocenters. The first-order valence-corrected chi connectivity index (χ1v) is 10.5. The standard InChI is InChI=1S/C30H20NO.CH3.Ir/c32-30(23-12-5-2-6-13-23)26-18-19-29(31-21-26)25-15-9-14-24(20-25)28-17-8-7-16-27(28)22-10-3-1-4-11-22;;/h1-14,16-21H;1H3;/q2*-1;. The van der Waals surface area contributed by atoms with Gasteiger partial charge in [-0.25, -0.2) is 0 Å². The van der Waals surface area contributed by atoms with Gasteiger partial charge in [-0.05, 0) is 22.4 Å². The molecular weight excluding hydrogens is 595 g/mol. The maximum atomic E-state index is 12.7. The molecule has 1 heterocycles. The van der Waals surface area contributed by atoms with E-state index in [1.807, 2.05) is 54.6 Å². The third-order valence-corrected chi connectivity index (χ3v) is 5.46. The molecule has 0 amide bonds. The SMILES string of the molecule is O=C(c1ccccc1)c1ccc(-c2[c-]ccc(-c3ccccc3-c3ccccc3)c2)nc1.[CH3-].[Ir]. The molecule has 0 aliphatic heterocycles. The van der Waals surface area contributed by atoms with E-state index < -0.39 is 0 Å². The zero-order chi connectivity index (χ0) is 21.8. The van der Waals surface area contributed by atoms with Crippen LogP contribution in [0.2, 0.25) is 0 Å². The fourth-order valence-corrected chi connectivity index (χ4v) is 3.83. The Morgan fingerprint density at radius 1 is 0.647 bits per heavy atom. The molecule has 5 rings (SSSR count). The minimum absolute atomic E-state index is 0. The predicted molar refractivity (Wildman–Crippen MR) is 136 cm³/mol. The van der Waals surface area contributed by atoms with Crippen molar-refractivity contribution in [2.45, 2.75) is 0 Å². The number of carbonyl (C=O) groups excluding carboxylic acids is 1. The summed E-state index contributed by atoms with van der Waals surface area (Å²) in [6, 6.07) is 41.1. The smallest absolute Gasteiger partial charge is 0.194 e. The summed E-state index contributed by atoms with van der Waals surface area (Å²) < 4.78 is 0. The molecule has 1 radical (unpaired) electrons. The van der Waals surface area contributed by atoms with Crippen molar-refractivity contribution in [3.8, 4) is 33.5 Å². The molecule has 3 heteroatoms. The van der Waals surface area contributed by atoms with Crippen molar-refractivity contribution in [2.75, 3.05) is 0 Å². The topological polar surface area (TPSA) is 30.0 Å². The van der Waals surface area contributed by atoms with Gasteiger partial charge in [-0.2, -0.15) is 0 Å². The van der Waals surface area contributed by atoms with Crippen LogP contribution in [0.5, 0.6) is 0 Å². The van der Waals surface area contributed by atoms with Crippen molar-refractivity contribution in [2.24, 2.45) is 0 Å². The molecule has 4 aromatic carbocycles. The summed E-state index contributed by atoms with van der Waals surface area (Å²) in [7, 11) is 0. The first-order chi connectivity index (χ1) is 15.8. The van der Waals surface area contributed by atoms with Crippen LogP contribution >= 0.6 is 0 Å². The zero-order valence-corrected chi connectivity index (χ0v) is 21.1. The first kappa shape index (κ1) is 25.0. The van der Waals surface area contributed by atoms with Crippen LogP contribution in [0.15, 0.2) is 121 Å². The summed E-state index contributed by atoms with van der Waals surface area (Å²) in [5, 5.41) is 0. The summed E-state index contributed by atoms with van der Waals surface area (Å²) in [6.45, 7) is 0. The van der Waals surface area contributed by atoms with E-state index in [9.17, 15) is 4.79 Å². The Bertz CT molecular complexity index is 1360. The maximum absolute atomic E-state index is 12.7. The van der Waals surface area contributed by atoms with Gasteiger partial charge >= 0.3 is 0 Å². The predicted octanol–water partition coefficient (Wildman–Crippen LogP) is 7.56. The molecule has 0 bridgehead atoms. The van der Waals surface area contributed by atoms with Crippen LogP contribution in [-0.2, 0) is 20.1 Å². The number of aromatic nitrogens is 1. The normalized spacial score (nSPS) is 10.0. The number of nitrogens with zero attached hydrogens (tertiary/aromatic N) is 1. The number of carbonyl (C=O) groups is 1. The van der Waals surface area contributed by atoms with Gasteiger partial charge in [0.2, 0.25) is 0 Å². The minimum atomic E-state index is -0.0285. The molecule has 0 N–H and O–H groups in total. The van der Waals surface area contributed by atoms with E-state index in [4.69, 9.17) is 0 Å². The second kappa shape index (κ2) is 11.5. The number of rotatable bonds is 5. The fraction of sp³-hybridized carbons (Fsp3) is 0. The Kier molecular flexibility index (Phi) is 8.43. The molecule has 0 spiro atoms. The Labute approximate surface area is 214 Å². The van der Waals surface area contributed by atoms with Crippen molar-refractivity contribution in [1.29, 1.82) is 0 Å². The Morgan fingerprint density at radius 2 is 1.26 bits per heavy atom. The van der Waals surface area contributed by atoms with E-state index in [-0.39, 0.29) is 33.3 Å². The summed E-state index contributed by atoms with van der Waals surface area (Å²) >= 11 is 0. The van der Waals surface area contributed by atoms with Gasteiger partial charge in [-0.1, -0.05) is 97.1 Å². The molecule has 0 unspecified atom stereocenters. The molecule has 5 aromatic rings. The molecule has 0 saturated carbocycles. The van der Waals surface area contributed by atoms with E-state index in [2.05, 4.69) is 71.7 Å². The van der Waals surface area contributed by atoms with Crippen molar-refractivity contribution in [1.82, 2.24) is 4.98 Å². The molecule has 34 heavy (non-hydrogen) atoms. The van der Waals surface area contributed by atoms with Gasteiger partial charge in [-0.15, -0.1) is 35.4 Å². The van der Waals surface area contributed by atoms with E-state index in [0.29, 0.717) is 11.1 Å². The van der Waals surface area contributed by atoms with Crippen molar-refractivity contribution in [3.05, 3.63) is 146 Å². The summed E-state index contributed by atoms with van der Waals surface area (Å²) in [6.07, 6.45) is 1.64. The van der Waals surface area contributed by atoms with Crippen molar-refractivity contribution < 1.29 is 24.9 Å². The van der Waals surface area contributed by atoms with Gasteiger partial charge in [-0.3, -0.25) is 4.79 Å². The second-order valence-corrected chi connectivity index (χ2v) is 7.53. The maximum Gasteiger partial charge on any atom is 0.194 e. The molecule has 0 aliphatic carbocycles. The van der Waals surface area contributed by atoms with E-state index in [1.54, 1.807) is 6.20 Å². The molecule has 169 valence electrons. The van der Waals surface area contributed by atoms with Crippen LogP contribution in [0.4, 0.5) is 0 Å². The Morgan fingerprint density at radius 3 is 1.91 bits per heavy atom. The molecule has 0 aliphatic rings. The summed E-state index contributed by atoms with van der Waals surface area (Å²) in [4.78, 5) is 17.2. The van der Waals surface area contributed by atoms with Gasteiger partial charge in [0.05, 0.1) is 0 Å². The van der Waals surface area contributed by atoms with Crippen molar-refractivity contribution in [3.63, 3.8) is 0 Å². The van der Waals surface area contributed by atoms with Gasteiger partial charge in [0, 0.05) is 37.4 Å². The molecular formula is C31H23IrNO-2. The van der Waals surface area contributed by atoms with Gasteiger partial charge in [0.15, 0.2) is 5.78 Å². The number of ketones is 1. The monoisotopic (exact) mass is 618 g/mol. The number of hydrogen-bond donors (Lipinski definition) is 0. The number of hydrogen-bond acceptors (Lipinski definition) is 2. The molecule has 2 nitrogen and oxygen atoms in total. The summed E-state index contributed by atoms with van der Waals surface area (Å²) in [5.74, 6) is -0.0285. The van der Waals surface area contributed by atoms with Crippen LogP contribution in [0, 0.1) is 13.5 Å².